The summed E-state index contributed by atoms with van der Waals surface area (Å²) in [6, 6.07) is 0. The number of rotatable bonds is 4. The van der Waals surface area contributed by atoms with Crippen molar-refractivity contribution in [1.29, 1.82) is 0 Å². The Morgan fingerprint density at radius 3 is 2.95 bits per heavy atom. The highest BCUT2D eigenvalue weighted by Crippen LogP contribution is 2.24. The van der Waals surface area contributed by atoms with Gasteiger partial charge in [0, 0.05) is 18.5 Å². The number of aromatic nitrogens is 1. The summed E-state index contributed by atoms with van der Waals surface area (Å²) >= 11 is 1.44. The molecule has 2 rings (SSSR count). The number of carbonyl (C=O) groups is 2. The standard InChI is InChI=1S/C15H23N3O3S/c1-4-21-15(20)18-7-5-6-11(8-18)13(19)17-14-16-12(9-22-14)10(2)3/h9-11H,4-8H2,1-3H3,(H,16,17,19)/t11-/m0/s1. The molecular formula is C15H23N3O3S. The van der Waals surface area contributed by atoms with Gasteiger partial charge in [-0.05, 0) is 25.7 Å². The fourth-order valence-electron chi connectivity index (χ4n) is 2.39. The maximum absolute atomic E-state index is 12.3. The Balaban J connectivity index is 1.92. The molecule has 0 bridgehead atoms. The van der Waals surface area contributed by atoms with Crippen LogP contribution in [0.4, 0.5) is 9.93 Å². The van der Waals surface area contributed by atoms with Gasteiger partial charge in [-0.25, -0.2) is 9.78 Å². The number of likely N-dealkylation sites (tertiary alicyclic amines) is 1. The van der Waals surface area contributed by atoms with Crippen LogP contribution in [-0.2, 0) is 9.53 Å². The first-order valence-corrected chi connectivity index (χ1v) is 8.57. The van der Waals surface area contributed by atoms with Crippen molar-refractivity contribution >= 4 is 28.5 Å². The van der Waals surface area contributed by atoms with Gasteiger partial charge in [-0.2, -0.15) is 0 Å². The lowest BCUT2D eigenvalue weighted by Crippen LogP contribution is -2.44. The van der Waals surface area contributed by atoms with Crippen LogP contribution in [0, 0.1) is 5.92 Å². The van der Waals surface area contributed by atoms with Crippen LogP contribution in [0.1, 0.15) is 45.2 Å². The van der Waals surface area contributed by atoms with E-state index in [9.17, 15) is 9.59 Å². The van der Waals surface area contributed by atoms with Crippen LogP contribution in [0.25, 0.3) is 0 Å². The van der Waals surface area contributed by atoms with Crippen molar-refractivity contribution in [3.05, 3.63) is 11.1 Å². The van der Waals surface area contributed by atoms with Gasteiger partial charge < -0.3 is 15.0 Å². The number of hydrogen-bond donors (Lipinski definition) is 1. The zero-order valence-corrected chi connectivity index (χ0v) is 14.1. The van der Waals surface area contributed by atoms with E-state index in [0.717, 1.165) is 18.5 Å². The Bertz CT molecular complexity index is 530. The van der Waals surface area contributed by atoms with E-state index < -0.39 is 0 Å². The molecule has 1 fully saturated rings. The average molecular weight is 325 g/mol. The van der Waals surface area contributed by atoms with E-state index in [1.165, 1.54) is 11.3 Å². The van der Waals surface area contributed by atoms with E-state index in [2.05, 4.69) is 24.1 Å². The topological polar surface area (TPSA) is 71.5 Å². The Hall–Kier alpha value is -1.63. The maximum atomic E-state index is 12.3. The highest BCUT2D eigenvalue weighted by molar-refractivity contribution is 7.13. The highest BCUT2D eigenvalue weighted by atomic mass is 32.1. The maximum Gasteiger partial charge on any atom is 0.409 e. The van der Waals surface area contributed by atoms with Crippen molar-refractivity contribution in [2.75, 3.05) is 25.0 Å². The monoisotopic (exact) mass is 325 g/mol. The number of piperidine rings is 1. The number of nitrogens with zero attached hydrogens (tertiary/aromatic N) is 2. The molecule has 6 nitrogen and oxygen atoms in total. The molecule has 2 amide bonds. The third-order valence-electron chi connectivity index (χ3n) is 3.66. The number of thiazole rings is 1. The molecule has 0 aromatic carbocycles. The lowest BCUT2D eigenvalue weighted by Gasteiger charge is -2.30. The van der Waals surface area contributed by atoms with Gasteiger partial charge >= 0.3 is 6.09 Å². The number of hydrogen-bond acceptors (Lipinski definition) is 5. The highest BCUT2D eigenvalue weighted by Gasteiger charge is 2.29. The molecule has 0 aliphatic carbocycles. The molecule has 1 aromatic heterocycles. The van der Waals surface area contributed by atoms with E-state index >= 15 is 0 Å². The van der Waals surface area contributed by atoms with E-state index in [0.29, 0.717) is 30.7 Å². The molecule has 1 atom stereocenters. The largest absolute Gasteiger partial charge is 0.450 e. The lowest BCUT2D eigenvalue weighted by atomic mass is 9.97. The Kier molecular flexibility index (Phi) is 5.76. The molecule has 1 aliphatic heterocycles. The molecule has 1 aliphatic rings. The summed E-state index contributed by atoms with van der Waals surface area (Å²) in [6.45, 7) is 7.33. The molecule has 7 heteroatoms. The molecule has 2 heterocycles. The van der Waals surface area contributed by atoms with Gasteiger partial charge in [0.1, 0.15) is 0 Å². The van der Waals surface area contributed by atoms with Crippen molar-refractivity contribution < 1.29 is 14.3 Å². The molecule has 0 spiro atoms. The van der Waals surface area contributed by atoms with Gasteiger partial charge in [-0.3, -0.25) is 4.79 Å². The lowest BCUT2D eigenvalue weighted by molar-refractivity contribution is -0.121. The minimum Gasteiger partial charge on any atom is -0.450 e. The molecule has 0 unspecified atom stereocenters. The number of nitrogens with one attached hydrogen (secondary N) is 1. The zero-order chi connectivity index (χ0) is 16.1. The molecule has 122 valence electrons. The second-order valence-corrected chi connectivity index (χ2v) is 6.56. The van der Waals surface area contributed by atoms with E-state index in [-0.39, 0.29) is 17.9 Å². The minimum absolute atomic E-state index is 0.0707. The van der Waals surface area contributed by atoms with Gasteiger partial charge in [-0.1, -0.05) is 13.8 Å². The Labute approximate surface area is 134 Å². The van der Waals surface area contributed by atoms with Gasteiger partial charge in [0.15, 0.2) is 5.13 Å². The van der Waals surface area contributed by atoms with Crippen LogP contribution in [0.3, 0.4) is 0 Å². The second-order valence-electron chi connectivity index (χ2n) is 5.71. The first-order valence-electron chi connectivity index (χ1n) is 7.69. The van der Waals surface area contributed by atoms with Crippen LogP contribution < -0.4 is 5.32 Å². The quantitative estimate of drug-likeness (QED) is 0.923. The molecule has 0 radical (unpaired) electrons. The molecule has 1 saturated heterocycles. The van der Waals surface area contributed by atoms with Crippen LogP contribution in [0.2, 0.25) is 0 Å². The molecular weight excluding hydrogens is 302 g/mol. The van der Waals surface area contributed by atoms with E-state index in [4.69, 9.17) is 4.74 Å². The van der Waals surface area contributed by atoms with Gasteiger partial charge in [0.25, 0.3) is 0 Å². The first-order chi connectivity index (χ1) is 10.5. The summed E-state index contributed by atoms with van der Waals surface area (Å²) in [7, 11) is 0. The molecule has 1 N–H and O–H groups in total. The van der Waals surface area contributed by atoms with Crippen LogP contribution >= 0.6 is 11.3 Å². The predicted molar refractivity (Wildman–Crippen MR) is 86.2 cm³/mol. The summed E-state index contributed by atoms with van der Waals surface area (Å²) in [5.74, 6) is 0.0686. The second kappa shape index (κ2) is 7.58. The van der Waals surface area contributed by atoms with Gasteiger partial charge in [-0.15, -0.1) is 11.3 Å². The van der Waals surface area contributed by atoms with Crippen molar-refractivity contribution in [3.8, 4) is 0 Å². The van der Waals surface area contributed by atoms with Gasteiger partial charge in [0.2, 0.25) is 5.91 Å². The van der Waals surface area contributed by atoms with Crippen molar-refractivity contribution in [3.63, 3.8) is 0 Å². The van der Waals surface area contributed by atoms with Crippen molar-refractivity contribution in [1.82, 2.24) is 9.88 Å². The fourth-order valence-corrected chi connectivity index (χ4v) is 3.26. The Morgan fingerprint density at radius 2 is 2.32 bits per heavy atom. The van der Waals surface area contributed by atoms with Crippen molar-refractivity contribution in [2.24, 2.45) is 5.92 Å². The van der Waals surface area contributed by atoms with Crippen LogP contribution in [0.15, 0.2) is 5.38 Å². The third-order valence-corrected chi connectivity index (χ3v) is 4.44. The normalized spacial score (nSPS) is 18.4. The van der Waals surface area contributed by atoms with Crippen LogP contribution in [-0.4, -0.2) is 41.6 Å². The molecule has 1 aromatic rings. The third kappa shape index (κ3) is 4.19. The SMILES string of the molecule is CCOC(=O)N1CCC[C@H](C(=O)Nc2nc(C(C)C)cs2)C1. The zero-order valence-electron chi connectivity index (χ0n) is 13.3. The smallest absolute Gasteiger partial charge is 0.409 e. The average Bonchev–Trinajstić information content (AvgIpc) is 2.96. The van der Waals surface area contributed by atoms with Crippen LogP contribution in [0.5, 0.6) is 0 Å². The number of amides is 2. The van der Waals surface area contributed by atoms with E-state index in [1.54, 1.807) is 11.8 Å². The number of anilines is 1. The minimum atomic E-state index is -0.337. The summed E-state index contributed by atoms with van der Waals surface area (Å²) in [6.07, 6.45) is 1.26. The Morgan fingerprint density at radius 1 is 1.55 bits per heavy atom. The summed E-state index contributed by atoms with van der Waals surface area (Å²) in [5, 5.41) is 5.46. The molecule has 0 saturated carbocycles. The van der Waals surface area contributed by atoms with E-state index in [1.807, 2.05) is 5.38 Å². The number of carbonyl (C=O) groups excluding carboxylic acids is 2. The summed E-state index contributed by atoms with van der Waals surface area (Å²) < 4.78 is 5.00. The summed E-state index contributed by atoms with van der Waals surface area (Å²) in [4.78, 5) is 30.1. The van der Waals surface area contributed by atoms with Crippen molar-refractivity contribution in [2.45, 2.75) is 39.5 Å². The number of ether oxygens (including phenoxy) is 1. The fraction of sp³-hybridized carbons (Fsp3) is 0.667. The predicted octanol–water partition coefficient (Wildman–Crippen LogP) is 3.07. The first kappa shape index (κ1) is 16.7. The molecule has 22 heavy (non-hydrogen) atoms. The summed E-state index contributed by atoms with van der Waals surface area (Å²) in [5.41, 5.74) is 0.983. The van der Waals surface area contributed by atoms with Gasteiger partial charge in [0.05, 0.1) is 18.2 Å².